The summed E-state index contributed by atoms with van der Waals surface area (Å²) in [6.45, 7) is 2.48. The van der Waals surface area contributed by atoms with E-state index in [2.05, 4.69) is 5.16 Å². The second kappa shape index (κ2) is 5.37. The molecule has 5 heteroatoms. The van der Waals surface area contributed by atoms with Gasteiger partial charge in [-0.25, -0.2) is 0 Å². The van der Waals surface area contributed by atoms with Crippen LogP contribution in [-0.4, -0.2) is 36.3 Å². The minimum atomic E-state index is 0.0555. The van der Waals surface area contributed by atoms with Crippen LogP contribution in [0.3, 0.4) is 0 Å². The summed E-state index contributed by atoms with van der Waals surface area (Å²) in [7, 11) is 1.84. The number of hydrogen-bond acceptors (Lipinski definition) is 4. The average molecular weight is 223 g/mol. The fraction of sp³-hybridized carbons (Fsp3) is 0.364. The quantitative estimate of drug-likeness (QED) is 0.301. The summed E-state index contributed by atoms with van der Waals surface area (Å²) in [6.07, 6.45) is 0. The Balaban J connectivity index is 3.17. The molecule has 1 aromatic rings. The molecule has 16 heavy (non-hydrogen) atoms. The third-order valence-corrected chi connectivity index (χ3v) is 2.38. The standard InChI is InChI=1S/C11H17N3O2/c1-8-3-4-10(14(2)5-6-15)9(7-8)11(12)13-16/h3-4,7,15-16H,5-6H2,1-2H3,(H2,12,13). The molecule has 0 fully saturated rings. The van der Waals surface area contributed by atoms with Crippen molar-refractivity contribution in [3.05, 3.63) is 29.3 Å². The Hall–Kier alpha value is -1.75. The van der Waals surface area contributed by atoms with Gasteiger partial charge in [-0.2, -0.15) is 0 Å². The lowest BCUT2D eigenvalue weighted by Crippen LogP contribution is -2.25. The first-order chi connectivity index (χ1) is 7.60. The fourth-order valence-corrected chi connectivity index (χ4v) is 1.51. The van der Waals surface area contributed by atoms with Gasteiger partial charge in [-0.05, 0) is 19.1 Å². The largest absolute Gasteiger partial charge is 0.409 e. The number of aliphatic hydroxyl groups excluding tert-OH is 1. The summed E-state index contributed by atoms with van der Waals surface area (Å²) in [5.74, 6) is 0.0727. The summed E-state index contributed by atoms with van der Waals surface area (Å²) in [4.78, 5) is 1.85. The van der Waals surface area contributed by atoms with Gasteiger partial charge < -0.3 is 20.9 Å². The molecule has 0 aliphatic heterocycles. The van der Waals surface area contributed by atoms with Crippen LogP contribution in [0.4, 0.5) is 5.69 Å². The average Bonchev–Trinajstić information content (AvgIpc) is 2.28. The number of nitrogens with zero attached hydrogens (tertiary/aromatic N) is 2. The predicted molar refractivity (Wildman–Crippen MR) is 64.0 cm³/mol. The molecule has 0 atom stereocenters. The molecule has 4 N–H and O–H groups in total. The van der Waals surface area contributed by atoms with Gasteiger partial charge >= 0.3 is 0 Å². The number of oxime groups is 1. The lowest BCUT2D eigenvalue weighted by molar-refractivity contribution is 0.304. The van der Waals surface area contributed by atoms with Gasteiger partial charge in [-0.3, -0.25) is 0 Å². The van der Waals surface area contributed by atoms with Crippen LogP contribution < -0.4 is 10.6 Å². The van der Waals surface area contributed by atoms with Crippen molar-refractivity contribution in [2.45, 2.75) is 6.92 Å². The van der Waals surface area contributed by atoms with Gasteiger partial charge in [0.2, 0.25) is 0 Å². The molecule has 0 aliphatic rings. The molecule has 0 aromatic heterocycles. The second-order valence-corrected chi connectivity index (χ2v) is 3.65. The van der Waals surface area contributed by atoms with Crippen molar-refractivity contribution >= 4 is 11.5 Å². The van der Waals surface area contributed by atoms with Crippen molar-refractivity contribution < 1.29 is 10.3 Å². The topological polar surface area (TPSA) is 82.1 Å². The van der Waals surface area contributed by atoms with E-state index in [9.17, 15) is 0 Å². The molecule has 0 saturated heterocycles. The first-order valence-corrected chi connectivity index (χ1v) is 5.00. The highest BCUT2D eigenvalue weighted by molar-refractivity contribution is 6.02. The molecular formula is C11H17N3O2. The molecule has 0 unspecified atom stereocenters. The highest BCUT2D eigenvalue weighted by Crippen LogP contribution is 2.20. The maximum absolute atomic E-state index is 8.89. The number of benzene rings is 1. The Kier molecular flexibility index (Phi) is 4.13. The van der Waals surface area contributed by atoms with Crippen LogP contribution >= 0.6 is 0 Å². The van der Waals surface area contributed by atoms with Gasteiger partial charge in [0.25, 0.3) is 0 Å². The number of nitrogens with two attached hydrogens (primary N) is 1. The summed E-state index contributed by atoms with van der Waals surface area (Å²) < 4.78 is 0. The maximum atomic E-state index is 8.89. The lowest BCUT2D eigenvalue weighted by Gasteiger charge is -2.21. The van der Waals surface area contributed by atoms with Crippen LogP contribution in [0.25, 0.3) is 0 Å². The third-order valence-electron chi connectivity index (χ3n) is 2.38. The Morgan fingerprint density at radius 2 is 2.19 bits per heavy atom. The Bertz CT molecular complexity index is 391. The fourth-order valence-electron chi connectivity index (χ4n) is 1.51. The van der Waals surface area contributed by atoms with Crippen molar-refractivity contribution in [2.75, 3.05) is 25.1 Å². The SMILES string of the molecule is Cc1ccc(N(C)CCO)c(/C(N)=N/O)c1. The van der Waals surface area contributed by atoms with E-state index < -0.39 is 0 Å². The lowest BCUT2D eigenvalue weighted by atomic mass is 10.1. The number of amidine groups is 1. The number of anilines is 1. The van der Waals surface area contributed by atoms with Gasteiger partial charge in [0.15, 0.2) is 5.84 Å². The molecule has 0 heterocycles. The van der Waals surface area contributed by atoms with E-state index in [-0.39, 0.29) is 12.4 Å². The zero-order valence-electron chi connectivity index (χ0n) is 9.51. The number of likely N-dealkylation sites (N-methyl/N-ethyl adjacent to an activating group) is 1. The van der Waals surface area contributed by atoms with Crippen LogP contribution in [0.15, 0.2) is 23.4 Å². The monoisotopic (exact) mass is 223 g/mol. The molecule has 0 bridgehead atoms. The predicted octanol–water partition coefficient (Wildman–Crippen LogP) is 0.518. The molecule has 0 amide bonds. The van der Waals surface area contributed by atoms with Crippen LogP contribution in [-0.2, 0) is 0 Å². The number of aryl methyl sites for hydroxylation is 1. The van der Waals surface area contributed by atoms with Crippen LogP contribution in [0, 0.1) is 6.92 Å². The molecule has 1 rings (SSSR count). The minimum Gasteiger partial charge on any atom is -0.409 e. The smallest absolute Gasteiger partial charge is 0.172 e. The van der Waals surface area contributed by atoms with Crippen LogP contribution in [0.1, 0.15) is 11.1 Å². The Morgan fingerprint density at radius 1 is 1.50 bits per heavy atom. The molecule has 0 saturated carbocycles. The number of rotatable bonds is 4. The summed E-state index contributed by atoms with van der Waals surface area (Å²) in [5, 5.41) is 20.6. The van der Waals surface area contributed by atoms with Crippen LogP contribution in [0.2, 0.25) is 0 Å². The summed E-state index contributed by atoms with van der Waals surface area (Å²) in [6, 6.07) is 5.67. The van der Waals surface area contributed by atoms with Gasteiger partial charge in [0.1, 0.15) is 0 Å². The highest BCUT2D eigenvalue weighted by atomic mass is 16.4. The Labute approximate surface area is 94.8 Å². The second-order valence-electron chi connectivity index (χ2n) is 3.65. The van der Waals surface area contributed by atoms with Crippen molar-refractivity contribution in [1.29, 1.82) is 0 Å². The number of aliphatic hydroxyl groups is 1. The molecule has 88 valence electrons. The van der Waals surface area contributed by atoms with E-state index in [4.69, 9.17) is 16.0 Å². The Morgan fingerprint density at radius 3 is 2.75 bits per heavy atom. The van der Waals surface area contributed by atoms with Crippen LogP contribution in [0.5, 0.6) is 0 Å². The molecular weight excluding hydrogens is 206 g/mol. The van der Waals surface area contributed by atoms with Gasteiger partial charge in [0.05, 0.1) is 6.61 Å². The minimum absolute atomic E-state index is 0.0555. The van der Waals surface area contributed by atoms with E-state index in [0.717, 1.165) is 11.3 Å². The van der Waals surface area contributed by atoms with Crippen molar-refractivity contribution in [3.8, 4) is 0 Å². The van der Waals surface area contributed by atoms with E-state index >= 15 is 0 Å². The van der Waals surface area contributed by atoms with Gasteiger partial charge in [-0.1, -0.05) is 16.8 Å². The first-order valence-electron chi connectivity index (χ1n) is 5.00. The molecule has 0 aliphatic carbocycles. The van der Waals surface area contributed by atoms with Crippen molar-refractivity contribution in [3.63, 3.8) is 0 Å². The maximum Gasteiger partial charge on any atom is 0.172 e. The van der Waals surface area contributed by atoms with Gasteiger partial charge in [0, 0.05) is 24.8 Å². The first kappa shape index (κ1) is 12.3. The summed E-state index contributed by atoms with van der Waals surface area (Å²) >= 11 is 0. The highest BCUT2D eigenvalue weighted by Gasteiger charge is 2.10. The number of hydrogen-bond donors (Lipinski definition) is 3. The molecule has 0 radical (unpaired) electrons. The zero-order valence-corrected chi connectivity index (χ0v) is 9.51. The van der Waals surface area contributed by atoms with Crippen molar-refractivity contribution in [2.24, 2.45) is 10.9 Å². The van der Waals surface area contributed by atoms with E-state index in [0.29, 0.717) is 12.1 Å². The van der Waals surface area contributed by atoms with E-state index in [1.165, 1.54) is 0 Å². The normalized spacial score (nSPS) is 11.6. The van der Waals surface area contributed by atoms with Crippen molar-refractivity contribution in [1.82, 2.24) is 0 Å². The molecule has 5 nitrogen and oxygen atoms in total. The molecule has 0 spiro atoms. The van der Waals surface area contributed by atoms with Gasteiger partial charge in [-0.15, -0.1) is 0 Å². The molecule has 1 aromatic carbocycles. The third kappa shape index (κ3) is 2.64. The summed E-state index contributed by atoms with van der Waals surface area (Å²) in [5.41, 5.74) is 8.13. The zero-order chi connectivity index (χ0) is 12.1. The van der Waals surface area contributed by atoms with E-state index in [1.807, 2.05) is 37.1 Å². The van der Waals surface area contributed by atoms with E-state index in [1.54, 1.807) is 0 Å².